The van der Waals surface area contributed by atoms with Crippen LogP contribution in [0.25, 0.3) is 6.08 Å². The van der Waals surface area contributed by atoms with Crippen LogP contribution >= 0.6 is 11.8 Å². The number of aliphatic carboxylic acids is 2. The number of carboxylic acids is 2. The van der Waals surface area contributed by atoms with Crippen LogP contribution in [0.3, 0.4) is 0 Å². The van der Waals surface area contributed by atoms with Gasteiger partial charge in [0.2, 0.25) is 0 Å². The van der Waals surface area contributed by atoms with Crippen molar-refractivity contribution in [3.63, 3.8) is 0 Å². The fraction of sp³-hybridized carbons (Fsp3) is 0.424. The summed E-state index contributed by atoms with van der Waals surface area (Å²) >= 11 is 1.95. The van der Waals surface area contributed by atoms with E-state index in [0.29, 0.717) is 18.8 Å². The number of ether oxygens (including phenoxy) is 1. The Morgan fingerprint density at radius 2 is 1.60 bits per heavy atom. The number of nitrogens with zero attached hydrogens (tertiary/aromatic N) is 4. The largest absolute Gasteiger partial charge is 0.478 e. The number of fused-ring (bicyclic) bond motifs is 1. The van der Waals surface area contributed by atoms with E-state index >= 15 is 0 Å². The number of aryl methyl sites for hydroxylation is 2. The molecule has 0 radical (unpaired) electrons. The first kappa shape index (κ1) is 32.5. The molecule has 5 rings (SSSR count). The number of carboxylic acid groups (broad SMARTS) is 2. The quantitative estimate of drug-likeness (QED) is 0.400. The standard InChI is InChI=1S/C29H38N4OS.C4H4O4/c1-22-9-4-6-11-24(22)19-25-20-34-21-26-28(25)30-33(14-8-13-32-17-15-31(3)16-18-32)29(26)35-27-12-7-5-10-23(27)2;5-3(6)1-2-4(7)8/h4-7,9-12,19,26,29H,8,13-18,20-21H2,1-3H3;1-2H,(H,5,6)(H,7,8)/b25-19+;2-1-. The van der Waals surface area contributed by atoms with Gasteiger partial charge in [0.15, 0.2) is 0 Å². The summed E-state index contributed by atoms with van der Waals surface area (Å²) in [5.41, 5.74) is 6.33. The molecule has 2 aromatic rings. The predicted octanol–water partition coefficient (Wildman–Crippen LogP) is 4.47. The second kappa shape index (κ2) is 15.9. The highest BCUT2D eigenvalue weighted by Crippen LogP contribution is 2.40. The summed E-state index contributed by atoms with van der Waals surface area (Å²) in [5, 5.41) is 23.5. The van der Waals surface area contributed by atoms with Crippen molar-refractivity contribution in [1.29, 1.82) is 0 Å². The number of likely N-dealkylation sites (N-methyl/N-ethyl adjacent to an activating group) is 1. The number of hydrogen-bond donors (Lipinski definition) is 2. The van der Waals surface area contributed by atoms with Crippen molar-refractivity contribution >= 4 is 35.5 Å². The molecule has 2 unspecified atom stereocenters. The molecule has 9 nitrogen and oxygen atoms in total. The minimum absolute atomic E-state index is 0.263. The summed E-state index contributed by atoms with van der Waals surface area (Å²) in [5.74, 6) is -2.23. The second-order valence-corrected chi connectivity index (χ2v) is 12.2. The smallest absolute Gasteiger partial charge is 0.328 e. The molecule has 3 heterocycles. The van der Waals surface area contributed by atoms with Crippen molar-refractivity contribution in [2.24, 2.45) is 11.0 Å². The van der Waals surface area contributed by atoms with Crippen LogP contribution in [0.15, 0.2) is 76.3 Å². The highest BCUT2D eigenvalue weighted by Gasteiger charge is 2.41. The molecule has 0 aromatic heterocycles. The molecular formula is C33H42N4O5S. The average molecular weight is 607 g/mol. The van der Waals surface area contributed by atoms with Gasteiger partial charge in [-0.3, -0.25) is 5.01 Å². The van der Waals surface area contributed by atoms with Crippen LogP contribution in [0.4, 0.5) is 0 Å². The van der Waals surface area contributed by atoms with Crippen LogP contribution in [0.1, 0.15) is 23.1 Å². The summed E-state index contributed by atoms with van der Waals surface area (Å²) < 4.78 is 6.16. The first-order valence-electron chi connectivity index (χ1n) is 14.7. The fourth-order valence-electron chi connectivity index (χ4n) is 5.31. The summed E-state index contributed by atoms with van der Waals surface area (Å²) in [6.07, 6.45) is 4.55. The predicted molar refractivity (Wildman–Crippen MR) is 171 cm³/mol. The number of hydrazone groups is 1. The zero-order chi connectivity index (χ0) is 30.8. The average Bonchev–Trinajstić information content (AvgIpc) is 3.33. The molecule has 10 heteroatoms. The SMILES string of the molecule is Cc1ccccc1/C=C1\COCC2C1=NN(CCCN1CCN(C)CC1)C2Sc1ccccc1C.O=C(O)/C=C\C(=O)O. The number of hydrogen-bond acceptors (Lipinski definition) is 8. The van der Waals surface area contributed by atoms with E-state index < -0.39 is 11.9 Å². The molecule has 3 aliphatic rings. The van der Waals surface area contributed by atoms with Gasteiger partial charge in [0.1, 0.15) is 5.37 Å². The van der Waals surface area contributed by atoms with Gasteiger partial charge in [-0.2, -0.15) is 5.10 Å². The maximum absolute atomic E-state index is 9.55. The fourth-order valence-corrected chi connectivity index (χ4v) is 6.62. The molecule has 2 aromatic carbocycles. The molecule has 2 N–H and O–H groups in total. The molecule has 0 aliphatic carbocycles. The van der Waals surface area contributed by atoms with E-state index in [9.17, 15) is 9.59 Å². The zero-order valence-electron chi connectivity index (χ0n) is 25.2. The topological polar surface area (TPSA) is 106 Å². The monoisotopic (exact) mass is 606 g/mol. The van der Waals surface area contributed by atoms with Gasteiger partial charge in [-0.1, -0.05) is 54.2 Å². The first-order valence-corrected chi connectivity index (χ1v) is 15.6. The van der Waals surface area contributed by atoms with Crippen LogP contribution in [0, 0.1) is 19.8 Å². The third kappa shape index (κ3) is 9.53. The Hall–Kier alpha value is -3.44. The Morgan fingerprint density at radius 1 is 0.953 bits per heavy atom. The third-order valence-corrected chi connectivity index (χ3v) is 9.32. The van der Waals surface area contributed by atoms with Gasteiger partial charge in [0, 0.05) is 55.3 Å². The van der Waals surface area contributed by atoms with Crippen molar-refractivity contribution in [3.05, 3.63) is 82.9 Å². The molecule has 0 spiro atoms. The van der Waals surface area contributed by atoms with Gasteiger partial charge >= 0.3 is 11.9 Å². The van der Waals surface area contributed by atoms with E-state index in [-0.39, 0.29) is 11.3 Å². The molecule has 0 amide bonds. The van der Waals surface area contributed by atoms with Crippen LogP contribution in [0.5, 0.6) is 0 Å². The lowest BCUT2D eigenvalue weighted by Crippen LogP contribution is -2.45. The van der Waals surface area contributed by atoms with Crippen LogP contribution < -0.4 is 0 Å². The number of benzene rings is 2. The van der Waals surface area contributed by atoms with Gasteiger partial charge in [0.05, 0.1) is 24.8 Å². The van der Waals surface area contributed by atoms with Crippen molar-refractivity contribution in [1.82, 2.24) is 14.8 Å². The molecule has 43 heavy (non-hydrogen) atoms. The summed E-state index contributed by atoms with van der Waals surface area (Å²) in [7, 11) is 2.22. The number of piperazine rings is 1. The van der Waals surface area contributed by atoms with Gasteiger partial charge < -0.3 is 24.7 Å². The number of rotatable bonds is 9. The molecule has 2 atom stereocenters. The van der Waals surface area contributed by atoms with Gasteiger partial charge in [-0.05, 0) is 62.7 Å². The van der Waals surface area contributed by atoms with Gasteiger partial charge in [-0.15, -0.1) is 0 Å². The van der Waals surface area contributed by atoms with Crippen molar-refractivity contribution in [3.8, 4) is 0 Å². The Kier molecular flexibility index (Phi) is 12.0. The Morgan fingerprint density at radius 3 is 2.26 bits per heavy atom. The van der Waals surface area contributed by atoms with Crippen LogP contribution in [-0.2, 0) is 14.3 Å². The Balaban J connectivity index is 0.000000467. The summed E-state index contributed by atoms with van der Waals surface area (Å²) in [4.78, 5) is 25.5. The van der Waals surface area contributed by atoms with Gasteiger partial charge in [0.25, 0.3) is 0 Å². The Labute approximate surface area is 258 Å². The lowest BCUT2D eigenvalue weighted by molar-refractivity contribution is -0.134. The molecule has 0 saturated carbocycles. The molecule has 3 aliphatic heterocycles. The van der Waals surface area contributed by atoms with Crippen molar-refractivity contribution in [2.75, 3.05) is 59.5 Å². The van der Waals surface area contributed by atoms with Crippen LogP contribution in [-0.4, -0.2) is 108 Å². The Bertz CT molecular complexity index is 1340. The van der Waals surface area contributed by atoms with E-state index in [1.807, 2.05) is 11.8 Å². The molecule has 2 saturated heterocycles. The number of carbonyl (C=O) groups is 2. The van der Waals surface area contributed by atoms with E-state index in [4.69, 9.17) is 20.1 Å². The van der Waals surface area contributed by atoms with E-state index in [2.05, 4.69) is 90.3 Å². The molecule has 2 fully saturated rings. The summed E-state index contributed by atoms with van der Waals surface area (Å²) in [6, 6.07) is 17.3. The normalized spacial score (nSPS) is 21.8. The van der Waals surface area contributed by atoms with E-state index in [0.717, 1.165) is 26.1 Å². The molecule has 0 bridgehead atoms. The van der Waals surface area contributed by atoms with E-state index in [1.165, 1.54) is 59.0 Å². The van der Waals surface area contributed by atoms with E-state index in [1.54, 1.807) is 0 Å². The van der Waals surface area contributed by atoms with Crippen LogP contribution in [0.2, 0.25) is 0 Å². The molecule has 230 valence electrons. The highest BCUT2D eigenvalue weighted by molar-refractivity contribution is 8.00. The second-order valence-electron chi connectivity index (χ2n) is 11.1. The third-order valence-electron chi connectivity index (χ3n) is 7.79. The lowest BCUT2D eigenvalue weighted by Gasteiger charge is -2.33. The molecular weight excluding hydrogens is 564 g/mol. The number of thioether (sulfide) groups is 1. The first-order chi connectivity index (χ1) is 20.7. The summed E-state index contributed by atoms with van der Waals surface area (Å²) in [6.45, 7) is 12.6. The lowest BCUT2D eigenvalue weighted by atomic mass is 9.93. The maximum atomic E-state index is 9.55. The minimum Gasteiger partial charge on any atom is -0.478 e. The van der Waals surface area contributed by atoms with Crippen molar-refractivity contribution < 1.29 is 24.5 Å². The zero-order valence-corrected chi connectivity index (χ0v) is 26.0. The maximum Gasteiger partial charge on any atom is 0.328 e. The van der Waals surface area contributed by atoms with Crippen molar-refractivity contribution in [2.45, 2.75) is 30.5 Å². The highest BCUT2D eigenvalue weighted by atomic mass is 32.2. The van der Waals surface area contributed by atoms with Gasteiger partial charge in [-0.25, -0.2) is 9.59 Å². The minimum atomic E-state index is -1.26.